The average Bonchev–Trinajstić information content (AvgIpc) is 2.42. The Balaban J connectivity index is 2.28. The van der Waals surface area contributed by atoms with Crippen LogP contribution in [0.1, 0.15) is 46.5 Å². The quantitative estimate of drug-likeness (QED) is 0.765. The normalized spacial score (nSPS) is 24.0. The van der Waals surface area contributed by atoms with Crippen molar-refractivity contribution in [1.29, 1.82) is 5.26 Å². The average molecular weight is 314 g/mol. The van der Waals surface area contributed by atoms with Gasteiger partial charge in [-0.3, -0.25) is 0 Å². The van der Waals surface area contributed by atoms with Gasteiger partial charge in [0.25, 0.3) is 0 Å². The number of nitriles is 1. The zero-order chi connectivity index (χ0) is 15.9. The molecule has 1 atom stereocenters. The fourth-order valence-electron chi connectivity index (χ4n) is 2.23. The standard InChI is InChI=1S/C15H26N2O3S/c1-15(2,3)20-14(18)17-12(10-21)9-19-13-6-4-11(8-16)5-7-13/h11-13,21H,4-7,9-10H2,1-3H3,(H,17,18). The van der Waals surface area contributed by atoms with E-state index in [0.29, 0.717) is 12.4 Å². The van der Waals surface area contributed by atoms with Crippen LogP contribution in [0.2, 0.25) is 0 Å². The molecule has 0 radical (unpaired) electrons. The van der Waals surface area contributed by atoms with Crippen LogP contribution in [-0.4, -0.2) is 36.2 Å². The third kappa shape index (κ3) is 7.58. The molecule has 1 aliphatic carbocycles. The number of carbonyl (C=O) groups is 1. The van der Waals surface area contributed by atoms with Gasteiger partial charge in [0, 0.05) is 11.7 Å². The van der Waals surface area contributed by atoms with Crippen LogP contribution in [0.3, 0.4) is 0 Å². The first kappa shape index (κ1) is 18.1. The number of hydrogen-bond acceptors (Lipinski definition) is 5. The van der Waals surface area contributed by atoms with E-state index < -0.39 is 11.7 Å². The van der Waals surface area contributed by atoms with Gasteiger partial charge in [-0.25, -0.2) is 4.79 Å². The molecule has 1 unspecified atom stereocenters. The molecule has 0 aromatic carbocycles. The summed E-state index contributed by atoms with van der Waals surface area (Å²) >= 11 is 4.24. The zero-order valence-electron chi connectivity index (χ0n) is 13.1. The minimum absolute atomic E-state index is 0.170. The summed E-state index contributed by atoms with van der Waals surface area (Å²) in [6.45, 7) is 5.90. The number of alkyl carbamates (subject to hydrolysis) is 1. The van der Waals surface area contributed by atoms with Gasteiger partial charge in [0.05, 0.1) is 24.8 Å². The van der Waals surface area contributed by atoms with E-state index in [1.807, 2.05) is 20.8 Å². The molecule has 0 heterocycles. The second-order valence-corrected chi connectivity index (χ2v) is 6.83. The molecule has 21 heavy (non-hydrogen) atoms. The molecule has 1 rings (SSSR count). The molecule has 1 saturated carbocycles. The lowest BCUT2D eigenvalue weighted by Gasteiger charge is -2.27. The van der Waals surface area contributed by atoms with Crippen LogP contribution in [0, 0.1) is 17.2 Å². The number of rotatable bonds is 5. The maximum atomic E-state index is 11.7. The topological polar surface area (TPSA) is 71.3 Å². The monoisotopic (exact) mass is 314 g/mol. The highest BCUT2D eigenvalue weighted by Gasteiger charge is 2.23. The van der Waals surface area contributed by atoms with Crippen LogP contribution in [-0.2, 0) is 9.47 Å². The maximum absolute atomic E-state index is 11.7. The molecule has 0 aromatic rings. The predicted molar refractivity (Wildman–Crippen MR) is 84.3 cm³/mol. The number of nitrogens with one attached hydrogen (secondary N) is 1. The lowest BCUT2D eigenvalue weighted by molar-refractivity contribution is 0.00878. The minimum Gasteiger partial charge on any atom is -0.444 e. The number of ether oxygens (including phenoxy) is 2. The van der Waals surface area contributed by atoms with Crippen molar-refractivity contribution < 1.29 is 14.3 Å². The van der Waals surface area contributed by atoms with E-state index in [1.165, 1.54) is 0 Å². The smallest absolute Gasteiger partial charge is 0.407 e. The van der Waals surface area contributed by atoms with Crippen molar-refractivity contribution in [2.24, 2.45) is 5.92 Å². The molecule has 1 N–H and O–H groups in total. The van der Waals surface area contributed by atoms with Crippen molar-refractivity contribution in [3.8, 4) is 6.07 Å². The molecule has 0 bridgehead atoms. The third-order valence-corrected chi connectivity index (χ3v) is 3.77. The second-order valence-electron chi connectivity index (χ2n) is 6.46. The first-order valence-electron chi connectivity index (χ1n) is 7.45. The second kappa shape index (κ2) is 8.50. The molecule has 0 spiro atoms. The summed E-state index contributed by atoms with van der Waals surface area (Å²) in [7, 11) is 0. The van der Waals surface area contributed by atoms with Crippen molar-refractivity contribution in [2.45, 2.75) is 64.2 Å². The highest BCUT2D eigenvalue weighted by Crippen LogP contribution is 2.25. The van der Waals surface area contributed by atoms with Gasteiger partial charge < -0.3 is 14.8 Å². The first-order chi connectivity index (χ1) is 9.84. The van der Waals surface area contributed by atoms with Crippen LogP contribution in [0.25, 0.3) is 0 Å². The largest absolute Gasteiger partial charge is 0.444 e. The lowest BCUT2D eigenvalue weighted by atomic mass is 9.88. The summed E-state index contributed by atoms with van der Waals surface area (Å²) in [5.41, 5.74) is -0.512. The number of nitrogens with zero attached hydrogens (tertiary/aromatic N) is 1. The molecule has 5 nitrogen and oxygen atoms in total. The van der Waals surface area contributed by atoms with E-state index in [1.54, 1.807) is 0 Å². The van der Waals surface area contributed by atoms with E-state index >= 15 is 0 Å². The first-order valence-corrected chi connectivity index (χ1v) is 8.09. The van der Waals surface area contributed by atoms with Gasteiger partial charge in [0.2, 0.25) is 0 Å². The summed E-state index contributed by atoms with van der Waals surface area (Å²) in [5, 5.41) is 11.6. The molecule has 120 valence electrons. The highest BCUT2D eigenvalue weighted by atomic mass is 32.1. The summed E-state index contributed by atoms with van der Waals surface area (Å²) in [6, 6.07) is 2.14. The van der Waals surface area contributed by atoms with Crippen molar-refractivity contribution in [3.63, 3.8) is 0 Å². The molecular weight excluding hydrogens is 288 g/mol. The summed E-state index contributed by atoms with van der Waals surface area (Å²) < 4.78 is 11.0. The molecule has 0 aromatic heterocycles. The number of carbonyl (C=O) groups excluding carboxylic acids is 1. The van der Waals surface area contributed by atoms with E-state index in [9.17, 15) is 4.79 Å². The van der Waals surface area contributed by atoms with Crippen LogP contribution in [0.4, 0.5) is 4.79 Å². The lowest BCUT2D eigenvalue weighted by Crippen LogP contribution is -2.43. The number of hydrogen-bond donors (Lipinski definition) is 2. The van der Waals surface area contributed by atoms with Crippen molar-refractivity contribution in [1.82, 2.24) is 5.32 Å². The Bertz CT molecular complexity index is 368. The fourth-order valence-corrected chi connectivity index (χ4v) is 2.42. The third-order valence-electron chi connectivity index (χ3n) is 3.33. The Morgan fingerprint density at radius 3 is 2.48 bits per heavy atom. The molecule has 0 aliphatic heterocycles. The molecular formula is C15H26N2O3S. The van der Waals surface area contributed by atoms with Crippen molar-refractivity contribution in [2.75, 3.05) is 12.4 Å². The summed E-state index contributed by atoms with van der Waals surface area (Å²) in [5.74, 6) is 0.665. The van der Waals surface area contributed by atoms with Gasteiger partial charge in [-0.15, -0.1) is 0 Å². The van der Waals surface area contributed by atoms with Gasteiger partial charge in [-0.05, 0) is 46.5 Å². The Morgan fingerprint density at radius 1 is 1.38 bits per heavy atom. The zero-order valence-corrected chi connectivity index (χ0v) is 14.0. The van der Waals surface area contributed by atoms with Crippen molar-refractivity contribution >= 4 is 18.7 Å². The number of thiol groups is 1. The van der Waals surface area contributed by atoms with Crippen LogP contribution >= 0.6 is 12.6 Å². The fraction of sp³-hybridized carbons (Fsp3) is 0.867. The van der Waals surface area contributed by atoms with Gasteiger partial charge in [-0.2, -0.15) is 17.9 Å². The Labute approximate surface area is 132 Å². The SMILES string of the molecule is CC(C)(C)OC(=O)NC(CS)COC1CCC(C#N)CC1. The minimum atomic E-state index is -0.512. The molecule has 1 aliphatic rings. The molecule has 6 heteroatoms. The number of amides is 1. The molecule has 1 fully saturated rings. The van der Waals surface area contributed by atoms with Crippen LogP contribution < -0.4 is 5.32 Å². The maximum Gasteiger partial charge on any atom is 0.407 e. The summed E-state index contributed by atoms with van der Waals surface area (Å²) in [4.78, 5) is 11.7. The van der Waals surface area contributed by atoms with E-state index in [2.05, 4.69) is 24.0 Å². The van der Waals surface area contributed by atoms with Gasteiger partial charge in [0.1, 0.15) is 5.60 Å². The van der Waals surface area contributed by atoms with Gasteiger partial charge >= 0.3 is 6.09 Å². The van der Waals surface area contributed by atoms with Crippen molar-refractivity contribution in [3.05, 3.63) is 0 Å². The van der Waals surface area contributed by atoms with Crippen LogP contribution in [0.15, 0.2) is 0 Å². The predicted octanol–water partition coefficient (Wildman–Crippen LogP) is 2.91. The van der Waals surface area contributed by atoms with E-state index in [4.69, 9.17) is 14.7 Å². The summed E-state index contributed by atoms with van der Waals surface area (Å²) in [6.07, 6.45) is 3.34. The Morgan fingerprint density at radius 2 is 2.00 bits per heavy atom. The Hall–Kier alpha value is -0.930. The van der Waals surface area contributed by atoms with E-state index in [-0.39, 0.29) is 18.1 Å². The molecule has 0 saturated heterocycles. The van der Waals surface area contributed by atoms with Gasteiger partial charge in [-0.1, -0.05) is 0 Å². The van der Waals surface area contributed by atoms with Crippen LogP contribution in [0.5, 0.6) is 0 Å². The highest BCUT2D eigenvalue weighted by molar-refractivity contribution is 7.80. The Kier molecular flexibility index (Phi) is 7.33. The molecule has 1 amide bonds. The van der Waals surface area contributed by atoms with Gasteiger partial charge in [0.15, 0.2) is 0 Å². The van der Waals surface area contributed by atoms with E-state index in [0.717, 1.165) is 25.7 Å².